The minimum Gasteiger partial charge on any atom is -0.461 e. The van der Waals surface area contributed by atoms with Crippen molar-refractivity contribution in [3.05, 3.63) is 28.8 Å². The van der Waals surface area contributed by atoms with Crippen molar-refractivity contribution < 1.29 is 23.0 Å². The molecule has 0 radical (unpaired) electrons. The van der Waals surface area contributed by atoms with Gasteiger partial charge in [-0.3, -0.25) is 4.79 Å². The van der Waals surface area contributed by atoms with Gasteiger partial charge in [-0.15, -0.1) is 0 Å². The largest absolute Gasteiger partial charge is 0.461 e. The van der Waals surface area contributed by atoms with Crippen LogP contribution in [0.4, 0.5) is 8.78 Å². The van der Waals surface area contributed by atoms with E-state index in [0.717, 1.165) is 5.56 Å². The summed E-state index contributed by atoms with van der Waals surface area (Å²) in [5.74, 6) is -0.265. The molecule has 0 unspecified atom stereocenters. The first kappa shape index (κ1) is 17.7. The second kappa shape index (κ2) is 5.77. The number of halogens is 2. The Balaban J connectivity index is 2.11. The lowest BCUT2D eigenvalue weighted by Gasteiger charge is -2.15. The average molecular weight is 326 g/mol. The molecule has 0 heterocycles. The van der Waals surface area contributed by atoms with E-state index in [9.17, 15) is 13.6 Å². The Hall–Kier alpha value is -1.65. The van der Waals surface area contributed by atoms with E-state index in [1.165, 1.54) is 6.07 Å². The monoisotopic (exact) mass is 326 g/mol. The van der Waals surface area contributed by atoms with E-state index >= 15 is 0 Å². The molecule has 1 aromatic rings. The van der Waals surface area contributed by atoms with Crippen molar-refractivity contribution >= 4 is 5.97 Å². The second-order valence-corrected chi connectivity index (χ2v) is 7.35. The van der Waals surface area contributed by atoms with Gasteiger partial charge in [0.25, 0.3) is 0 Å². The van der Waals surface area contributed by atoms with Gasteiger partial charge in [0, 0.05) is 0 Å². The van der Waals surface area contributed by atoms with E-state index in [0.29, 0.717) is 11.1 Å². The van der Waals surface area contributed by atoms with Crippen LogP contribution < -0.4 is 4.74 Å². The van der Waals surface area contributed by atoms with E-state index in [1.807, 2.05) is 34.6 Å². The maximum Gasteiger partial charge on any atom is 0.387 e. The van der Waals surface area contributed by atoms with Gasteiger partial charge in [-0.25, -0.2) is 0 Å². The third-order valence-electron chi connectivity index (χ3n) is 5.61. The minimum atomic E-state index is -2.88. The molecule has 1 fully saturated rings. The highest BCUT2D eigenvalue weighted by Crippen LogP contribution is 2.68. The predicted molar refractivity (Wildman–Crippen MR) is 83.4 cm³/mol. The van der Waals surface area contributed by atoms with Crippen molar-refractivity contribution in [3.8, 4) is 5.75 Å². The molecule has 0 aliphatic heterocycles. The fourth-order valence-electron chi connectivity index (χ4n) is 3.33. The first-order chi connectivity index (χ1) is 10.5. The summed E-state index contributed by atoms with van der Waals surface area (Å²) in [6.45, 7) is 8.93. The molecule has 2 rings (SSSR count). The summed E-state index contributed by atoms with van der Waals surface area (Å²) in [6, 6.07) is 3.20. The van der Waals surface area contributed by atoms with Gasteiger partial charge < -0.3 is 9.47 Å². The van der Waals surface area contributed by atoms with Crippen LogP contribution >= 0.6 is 0 Å². The number of hydrogen-bond donors (Lipinski definition) is 0. The molecule has 23 heavy (non-hydrogen) atoms. The third kappa shape index (κ3) is 3.06. The number of ether oxygens (including phenoxy) is 2. The molecule has 0 atom stereocenters. The Bertz CT molecular complexity index is 607. The van der Waals surface area contributed by atoms with Crippen LogP contribution in [0, 0.1) is 30.6 Å². The number of carbonyl (C=O) groups excluding carboxylic acids is 1. The molecule has 0 spiro atoms. The molecule has 3 nitrogen and oxygen atoms in total. The van der Waals surface area contributed by atoms with Crippen LogP contribution in [0.3, 0.4) is 0 Å². The fourth-order valence-corrected chi connectivity index (χ4v) is 3.33. The summed E-state index contributed by atoms with van der Waals surface area (Å²) in [7, 11) is 0. The zero-order valence-electron chi connectivity index (χ0n) is 14.5. The number of rotatable bonds is 5. The maximum absolute atomic E-state index is 12.4. The van der Waals surface area contributed by atoms with Crippen molar-refractivity contribution in [2.45, 2.75) is 54.8 Å². The summed E-state index contributed by atoms with van der Waals surface area (Å²) in [6.07, 6.45) is 0. The first-order valence-corrected chi connectivity index (χ1v) is 7.70. The standard InChI is InChI=1S/C18H24F2O3/c1-10-7-8-13(23-16(19)20)11(2)12(10)9-22-15(21)14-17(3,4)18(14,5)6/h7-8,14,16H,9H2,1-6H3. The Kier molecular flexibility index (Phi) is 4.44. The van der Waals surface area contributed by atoms with Crippen molar-refractivity contribution in [1.82, 2.24) is 0 Å². The molecule has 1 aliphatic rings. The minimum absolute atomic E-state index is 0.0690. The second-order valence-electron chi connectivity index (χ2n) is 7.35. The summed E-state index contributed by atoms with van der Waals surface area (Å²) in [5, 5.41) is 0. The smallest absolute Gasteiger partial charge is 0.387 e. The van der Waals surface area contributed by atoms with Gasteiger partial charge in [-0.1, -0.05) is 33.8 Å². The fraction of sp³-hybridized carbons (Fsp3) is 0.611. The van der Waals surface area contributed by atoms with Gasteiger partial charge in [0.15, 0.2) is 0 Å². The van der Waals surface area contributed by atoms with E-state index in [2.05, 4.69) is 4.74 Å². The molecular weight excluding hydrogens is 302 g/mol. The topological polar surface area (TPSA) is 35.5 Å². The maximum atomic E-state index is 12.4. The van der Waals surface area contributed by atoms with E-state index in [1.54, 1.807) is 13.0 Å². The average Bonchev–Trinajstić information content (AvgIpc) is 2.82. The van der Waals surface area contributed by atoms with Gasteiger partial charge in [0.2, 0.25) is 0 Å². The van der Waals surface area contributed by atoms with Crippen LogP contribution in [0.15, 0.2) is 12.1 Å². The zero-order valence-corrected chi connectivity index (χ0v) is 14.5. The molecule has 5 heteroatoms. The van der Waals surface area contributed by atoms with Crippen LogP contribution in [-0.2, 0) is 16.1 Å². The molecule has 0 bridgehead atoms. The van der Waals surface area contributed by atoms with E-state index in [-0.39, 0.29) is 35.1 Å². The summed E-state index contributed by atoms with van der Waals surface area (Å²) < 4.78 is 34.8. The lowest BCUT2D eigenvalue weighted by molar-refractivity contribution is -0.148. The van der Waals surface area contributed by atoms with Crippen LogP contribution in [0.5, 0.6) is 5.75 Å². The van der Waals surface area contributed by atoms with Crippen LogP contribution in [0.25, 0.3) is 0 Å². The molecule has 0 saturated heterocycles. The zero-order chi connectivity index (χ0) is 17.6. The van der Waals surface area contributed by atoms with Gasteiger partial charge in [-0.05, 0) is 47.4 Å². The highest BCUT2D eigenvalue weighted by molar-refractivity contribution is 5.78. The SMILES string of the molecule is Cc1ccc(OC(F)F)c(C)c1COC(=O)C1C(C)(C)C1(C)C. The Morgan fingerprint density at radius 2 is 1.74 bits per heavy atom. The highest BCUT2D eigenvalue weighted by atomic mass is 19.3. The molecular formula is C18H24F2O3. The predicted octanol–water partition coefficient (Wildman–Crippen LogP) is 4.63. The summed E-state index contributed by atoms with van der Waals surface area (Å²) in [4.78, 5) is 12.3. The van der Waals surface area contributed by atoms with Crippen molar-refractivity contribution in [2.75, 3.05) is 0 Å². The molecule has 0 amide bonds. The Labute approximate surface area is 136 Å². The molecule has 1 aromatic carbocycles. The number of alkyl halides is 2. The first-order valence-electron chi connectivity index (χ1n) is 7.70. The lowest BCUT2D eigenvalue weighted by Crippen LogP contribution is -2.13. The number of benzene rings is 1. The van der Waals surface area contributed by atoms with Crippen LogP contribution in [-0.4, -0.2) is 12.6 Å². The van der Waals surface area contributed by atoms with Crippen molar-refractivity contribution in [2.24, 2.45) is 16.7 Å². The summed E-state index contributed by atoms with van der Waals surface area (Å²) >= 11 is 0. The molecule has 128 valence electrons. The van der Waals surface area contributed by atoms with Gasteiger partial charge in [0.1, 0.15) is 12.4 Å². The quantitative estimate of drug-likeness (QED) is 0.740. The summed E-state index contributed by atoms with van der Waals surface area (Å²) in [5.41, 5.74) is 2.00. The molecule has 1 aliphatic carbocycles. The third-order valence-corrected chi connectivity index (χ3v) is 5.61. The number of hydrogen-bond acceptors (Lipinski definition) is 3. The van der Waals surface area contributed by atoms with Crippen molar-refractivity contribution in [3.63, 3.8) is 0 Å². The molecule has 0 N–H and O–H groups in total. The van der Waals surface area contributed by atoms with Gasteiger partial charge >= 0.3 is 12.6 Å². The molecule has 0 aromatic heterocycles. The lowest BCUT2D eigenvalue weighted by atomic mass is 10.0. The number of esters is 1. The van der Waals surface area contributed by atoms with Crippen LogP contribution in [0.1, 0.15) is 44.4 Å². The van der Waals surface area contributed by atoms with Gasteiger partial charge in [-0.2, -0.15) is 8.78 Å². The number of carbonyl (C=O) groups is 1. The number of aryl methyl sites for hydroxylation is 1. The van der Waals surface area contributed by atoms with E-state index in [4.69, 9.17) is 4.74 Å². The van der Waals surface area contributed by atoms with E-state index < -0.39 is 6.61 Å². The Morgan fingerprint density at radius 1 is 1.17 bits per heavy atom. The van der Waals surface area contributed by atoms with Crippen LogP contribution in [0.2, 0.25) is 0 Å². The molecule has 1 saturated carbocycles. The highest BCUT2D eigenvalue weighted by Gasteiger charge is 2.69. The van der Waals surface area contributed by atoms with Crippen molar-refractivity contribution in [1.29, 1.82) is 0 Å². The van der Waals surface area contributed by atoms with Gasteiger partial charge in [0.05, 0.1) is 5.92 Å². The Morgan fingerprint density at radius 3 is 2.22 bits per heavy atom. The normalized spacial score (nSPS) is 18.8.